The molecule has 1 aliphatic rings. The van der Waals surface area contributed by atoms with Crippen molar-refractivity contribution >= 4 is 31.7 Å². The molecule has 1 aromatic rings. The largest absolute Gasteiger partial charge is 0.375 e. The molecule has 1 aliphatic heterocycles. The predicted octanol–water partition coefficient (Wildman–Crippen LogP) is 2.92. The van der Waals surface area contributed by atoms with Gasteiger partial charge >= 0.3 is 0 Å². The summed E-state index contributed by atoms with van der Waals surface area (Å²) in [7, 11) is -7.41. The highest BCUT2D eigenvalue weighted by molar-refractivity contribution is 7.89. The molecule has 13 nitrogen and oxygen atoms in total. The van der Waals surface area contributed by atoms with E-state index in [9.17, 15) is 26.4 Å². The zero-order valence-corrected chi connectivity index (χ0v) is 30.3. The predicted molar refractivity (Wildman–Crippen MR) is 174 cm³/mol. The van der Waals surface area contributed by atoms with Crippen LogP contribution in [-0.4, -0.2) is 102 Å². The fraction of sp³-hybridized carbons (Fsp3) is 0.867. The Morgan fingerprint density at radius 2 is 1.69 bits per heavy atom. The Bertz CT molecular complexity index is 1340. The number of amides is 1. The number of ketones is 1. The van der Waals surface area contributed by atoms with E-state index in [1.165, 1.54) is 4.31 Å². The van der Waals surface area contributed by atoms with Gasteiger partial charge in [0.15, 0.2) is 0 Å². The van der Waals surface area contributed by atoms with Crippen molar-refractivity contribution in [2.24, 2.45) is 11.8 Å². The van der Waals surface area contributed by atoms with Crippen molar-refractivity contribution in [1.82, 2.24) is 28.9 Å². The summed E-state index contributed by atoms with van der Waals surface area (Å²) < 4.78 is 62.3. The zero-order chi connectivity index (χ0) is 34.2. The maximum absolute atomic E-state index is 13.4. The van der Waals surface area contributed by atoms with Crippen molar-refractivity contribution in [3.8, 4) is 0 Å². The van der Waals surface area contributed by atoms with Gasteiger partial charge in [-0.15, -0.1) is 5.10 Å². The molecule has 0 saturated carbocycles. The van der Waals surface area contributed by atoms with Gasteiger partial charge in [-0.1, -0.05) is 39.8 Å². The molecule has 1 amide bonds. The molecule has 0 aliphatic carbocycles. The fourth-order valence-electron chi connectivity index (χ4n) is 4.88. The number of aromatic nitrogens is 3. The second kappa shape index (κ2) is 16.2. The molecule has 1 saturated heterocycles. The van der Waals surface area contributed by atoms with Crippen LogP contribution in [0.3, 0.4) is 0 Å². The molecule has 0 aromatic carbocycles. The lowest BCUT2D eigenvalue weighted by atomic mass is 9.96. The smallest absolute Gasteiger partial charge is 0.240 e. The average Bonchev–Trinajstić information content (AvgIpc) is 3.43. The molecular weight excluding hydrogens is 620 g/mol. The van der Waals surface area contributed by atoms with Gasteiger partial charge in [-0.2, -0.15) is 8.61 Å². The van der Waals surface area contributed by atoms with E-state index in [2.05, 4.69) is 15.6 Å². The number of sulfonamides is 2. The zero-order valence-electron chi connectivity index (χ0n) is 28.7. The highest BCUT2D eigenvalue weighted by Crippen LogP contribution is 2.24. The molecule has 0 bridgehead atoms. The van der Waals surface area contributed by atoms with Crippen LogP contribution in [0.15, 0.2) is 6.20 Å². The normalized spacial score (nSPS) is 17.7. The molecular formula is C30H56N6O7S2. The SMILES string of the molecule is CCCS(=O)(=O)N1CCN(S(=O)(=O)CCC(C)C)C(C(=O)NCc2cn(C(C)(C)CCOC(C)(C)CCC(=O)C(C)C)nn2)C1. The topological polar surface area (TPSA) is 161 Å². The van der Waals surface area contributed by atoms with Crippen LogP contribution in [-0.2, 0) is 46.5 Å². The first-order chi connectivity index (χ1) is 20.7. The van der Waals surface area contributed by atoms with E-state index in [4.69, 9.17) is 4.74 Å². The standard InChI is InChI=1S/C30H56N6O7S2/c1-10-18-44(39,40)34-15-16-35(45(41,42)19-12-23(2)3)26(22-34)28(38)31-20-25-21-36(33-32-25)29(6,7)14-17-43-30(8,9)13-11-27(37)24(4)5/h21,23-24,26H,10-20,22H2,1-9H3,(H,31,38). The van der Waals surface area contributed by atoms with Gasteiger partial charge in [0.25, 0.3) is 0 Å². The van der Waals surface area contributed by atoms with Crippen LogP contribution in [0.4, 0.5) is 0 Å². The molecule has 1 atom stereocenters. The number of piperazine rings is 1. The first-order valence-corrected chi connectivity index (χ1v) is 19.3. The van der Waals surface area contributed by atoms with Crippen LogP contribution in [0.2, 0.25) is 0 Å². The van der Waals surface area contributed by atoms with E-state index in [1.54, 1.807) is 17.8 Å². The summed E-state index contributed by atoms with van der Waals surface area (Å²) in [5, 5.41) is 11.2. The lowest BCUT2D eigenvalue weighted by Crippen LogP contribution is -2.61. The third kappa shape index (κ3) is 12.0. The van der Waals surface area contributed by atoms with Crippen molar-refractivity contribution in [1.29, 1.82) is 0 Å². The highest BCUT2D eigenvalue weighted by atomic mass is 32.2. The first kappa shape index (κ1) is 39.2. The number of ether oxygens (including phenoxy) is 1. The van der Waals surface area contributed by atoms with Gasteiger partial charge in [0.1, 0.15) is 17.5 Å². The summed E-state index contributed by atoms with van der Waals surface area (Å²) in [4.78, 5) is 25.5. The van der Waals surface area contributed by atoms with Gasteiger partial charge in [-0.3, -0.25) is 9.59 Å². The lowest BCUT2D eigenvalue weighted by Gasteiger charge is -2.39. The fourth-order valence-corrected chi connectivity index (χ4v) is 8.29. The number of hydrogen-bond acceptors (Lipinski definition) is 9. The molecule has 15 heteroatoms. The number of hydrogen-bond donors (Lipinski definition) is 1. The van der Waals surface area contributed by atoms with Crippen molar-refractivity contribution in [3.63, 3.8) is 0 Å². The first-order valence-electron chi connectivity index (χ1n) is 16.0. The number of rotatable bonds is 19. The number of nitrogens with zero attached hydrogens (tertiary/aromatic N) is 5. The van der Waals surface area contributed by atoms with Crippen LogP contribution in [0, 0.1) is 11.8 Å². The van der Waals surface area contributed by atoms with E-state index in [-0.39, 0.29) is 55.3 Å². The van der Waals surface area contributed by atoms with Gasteiger partial charge in [0, 0.05) is 38.6 Å². The van der Waals surface area contributed by atoms with E-state index in [1.807, 2.05) is 55.4 Å². The van der Waals surface area contributed by atoms with E-state index < -0.39 is 43.1 Å². The van der Waals surface area contributed by atoms with E-state index >= 15 is 0 Å². The second-order valence-corrected chi connectivity index (χ2v) is 18.1. The molecule has 1 N–H and O–H groups in total. The summed E-state index contributed by atoms with van der Waals surface area (Å²) in [6.45, 7) is 17.5. The number of Topliss-reactive ketones (excluding diaryl/α,β-unsaturated/α-hetero) is 1. The molecule has 1 aromatic heterocycles. The van der Waals surface area contributed by atoms with Crippen molar-refractivity contribution in [2.45, 2.75) is 118 Å². The Balaban J connectivity index is 2.07. The summed E-state index contributed by atoms with van der Waals surface area (Å²) >= 11 is 0. The summed E-state index contributed by atoms with van der Waals surface area (Å²) in [5.74, 6) is -0.385. The molecule has 0 radical (unpaired) electrons. The second-order valence-electron chi connectivity index (χ2n) is 14.0. The third-order valence-corrected chi connectivity index (χ3v) is 12.1. The minimum atomic E-state index is -3.79. The average molecular weight is 677 g/mol. The highest BCUT2D eigenvalue weighted by Gasteiger charge is 2.42. The van der Waals surface area contributed by atoms with E-state index in [0.717, 1.165) is 4.31 Å². The number of nitrogens with one attached hydrogen (secondary N) is 1. The molecule has 45 heavy (non-hydrogen) atoms. The number of carbonyl (C=O) groups is 2. The van der Waals surface area contributed by atoms with Crippen LogP contribution < -0.4 is 5.32 Å². The van der Waals surface area contributed by atoms with Crippen molar-refractivity contribution < 1.29 is 31.2 Å². The maximum Gasteiger partial charge on any atom is 0.240 e. The van der Waals surface area contributed by atoms with Gasteiger partial charge in [-0.05, 0) is 59.3 Å². The van der Waals surface area contributed by atoms with Crippen LogP contribution in [0.5, 0.6) is 0 Å². The quantitative estimate of drug-likeness (QED) is 0.232. The van der Waals surface area contributed by atoms with Gasteiger partial charge < -0.3 is 10.1 Å². The van der Waals surface area contributed by atoms with Crippen LogP contribution >= 0.6 is 0 Å². The Hall–Kier alpha value is -1.94. The minimum absolute atomic E-state index is 0.000413. The molecule has 0 spiro atoms. The minimum Gasteiger partial charge on any atom is -0.375 e. The van der Waals surface area contributed by atoms with Gasteiger partial charge in [0.05, 0.1) is 35.4 Å². The Kier molecular flexibility index (Phi) is 14.2. The Morgan fingerprint density at radius 1 is 1.02 bits per heavy atom. The lowest BCUT2D eigenvalue weighted by molar-refractivity contribution is -0.126. The van der Waals surface area contributed by atoms with Crippen molar-refractivity contribution in [3.05, 3.63) is 11.9 Å². The molecule has 2 heterocycles. The van der Waals surface area contributed by atoms with Crippen LogP contribution in [0.1, 0.15) is 100 Å². The number of carbonyl (C=O) groups excluding carboxylic acids is 2. The Labute approximate surface area is 270 Å². The summed E-state index contributed by atoms with van der Waals surface area (Å²) in [6.07, 6.45) is 4.31. The summed E-state index contributed by atoms with van der Waals surface area (Å²) in [6, 6.07) is -1.19. The molecule has 1 unspecified atom stereocenters. The Morgan fingerprint density at radius 3 is 2.29 bits per heavy atom. The van der Waals surface area contributed by atoms with Crippen LogP contribution in [0.25, 0.3) is 0 Å². The molecule has 260 valence electrons. The summed E-state index contributed by atoms with van der Waals surface area (Å²) in [5.41, 5.74) is -0.429. The maximum atomic E-state index is 13.4. The van der Waals surface area contributed by atoms with Gasteiger partial charge in [-0.25, -0.2) is 21.5 Å². The third-order valence-electron chi connectivity index (χ3n) is 8.19. The monoisotopic (exact) mass is 676 g/mol. The van der Waals surface area contributed by atoms with Crippen molar-refractivity contribution in [2.75, 3.05) is 37.7 Å². The van der Waals surface area contributed by atoms with E-state index in [0.29, 0.717) is 44.4 Å². The molecule has 2 rings (SSSR count). The molecule has 1 fully saturated rings. The van der Waals surface area contributed by atoms with Gasteiger partial charge in [0.2, 0.25) is 26.0 Å².